The Morgan fingerprint density at radius 2 is 2.30 bits per heavy atom. The van der Waals surface area contributed by atoms with Gasteiger partial charge in [-0.15, -0.1) is 6.42 Å². The highest BCUT2D eigenvalue weighted by Gasteiger charge is 2.12. The third-order valence-electron chi connectivity index (χ3n) is 3.01. The van der Waals surface area contributed by atoms with Gasteiger partial charge in [-0.2, -0.15) is 5.10 Å². The number of nitrogens with one attached hydrogen (secondary N) is 1. The lowest BCUT2D eigenvalue weighted by Gasteiger charge is -2.01. The van der Waals surface area contributed by atoms with E-state index in [1.807, 2.05) is 0 Å². The Balaban J connectivity index is 1.67. The first-order chi connectivity index (χ1) is 11.1. The zero-order valence-electron chi connectivity index (χ0n) is 11.9. The molecule has 0 radical (unpaired) electrons. The second-order valence-corrected chi connectivity index (χ2v) is 4.73. The van der Waals surface area contributed by atoms with Crippen LogP contribution in [0.1, 0.15) is 21.8 Å². The van der Waals surface area contributed by atoms with E-state index in [4.69, 9.17) is 10.9 Å². The summed E-state index contributed by atoms with van der Waals surface area (Å²) in [7, 11) is 0. The largest absolute Gasteiger partial charge is 0.347 e. The van der Waals surface area contributed by atoms with Gasteiger partial charge in [0.15, 0.2) is 5.69 Å². The number of aromatic nitrogens is 3. The van der Waals surface area contributed by atoms with E-state index in [2.05, 4.69) is 21.5 Å². The fourth-order valence-electron chi connectivity index (χ4n) is 1.98. The lowest BCUT2D eigenvalue weighted by Crippen LogP contribution is -2.11. The van der Waals surface area contributed by atoms with Crippen LogP contribution >= 0.6 is 0 Å². The van der Waals surface area contributed by atoms with Gasteiger partial charge in [0.25, 0.3) is 5.91 Å². The van der Waals surface area contributed by atoms with Crippen LogP contribution in [-0.4, -0.2) is 20.8 Å². The standard InChI is InChI=1S/C16H11FN4O2/c1-2-14-7-15(20-23-14)16(22)19-13-8-18-21(10-13)9-11-4-3-5-12(17)6-11/h1,3-8,10H,9H2,(H,19,22). The van der Waals surface area contributed by atoms with Gasteiger partial charge in [0.2, 0.25) is 5.76 Å². The summed E-state index contributed by atoms with van der Waals surface area (Å²) in [5, 5.41) is 10.3. The Morgan fingerprint density at radius 1 is 1.43 bits per heavy atom. The molecule has 0 bridgehead atoms. The van der Waals surface area contributed by atoms with E-state index in [0.29, 0.717) is 12.2 Å². The minimum absolute atomic E-state index is 0.0795. The molecule has 114 valence electrons. The minimum Gasteiger partial charge on any atom is -0.347 e. The number of benzene rings is 1. The van der Waals surface area contributed by atoms with E-state index >= 15 is 0 Å². The first-order valence-electron chi connectivity index (χ1n) is 6.65. The molecule has 1 amide bonds. The number of hydrogen-bond donors (Lipinski definition) is 1. The van der Waals surface area contributed by atoms with Crippen molar-refractivity contribution in [3.8, 4) is 12.3 Å². The Kier molecular flexibility index (Phi) is 3.89. The summed E-state index contributed by atoms with van der Waals surface area (Å²) in [5.74, 6) is 1.66. The molecule has 6 nitrogen and oxygen atoms in total. The number of nitrogens with zero attached hydrogens (tertiary/aromatic N) is 3. The molecule has 1 N–H and O–H groups in total. The number of rotatable bonds is 4. The van der Waals surface area contributed by atoms with E-state index in [1.54, 1.807) is 23.0 Å². The van der Waals surface area contributed by atoms with Crippen LogP contribution in [0.25, 0.3) is 0 Å². The minimum atomic E-state index is -0.458. The van der Waals surface area contributed by atoms with E-state index in [1.165, 1.54) is 24.4 Å². The third-order valence-corrected chi connectivity index (χ3v) is 3.01. The molecule has 0 aliphatic rings. The fraction of sp³-hybridized carbons (Fsp3) is 0.0625. The lowest BCUT2D eigenvalue weighted by molar-refractivity contribution is 0.101. The molecule has 23 heavy (non-hydrogen) atoms. The quantitative estimate of drug-likeness (QED) is 0.750. The molecule has 0 atom stereocenters. The van der Waals surface area contributed by atoms with Gasteiger partial charge in [0.1, 0.15) is 5.82 Å². The topological polar surface area (TPSA) is 73.0 Å². The van der Waals surface area contributed by atoms with Crippen molar-refractivity contribution in [1.82, 2.24) is 14.9 Å². The molecule has 0 fully saturated rings. The van der Waals surface area contributed by atoms with Crippen LogP contribution in [0.2, 0.25) is 0 Å². The average Bonchev–Trinajstić information content (AvgIpc) is 3.16. The summed E-state index contributed by atoms with van der Waals surface area (Å²) in [6.07, 6.45) is 8.26. The monoisotopic (exact) mass is 310 g/mol. The molecule has 1 aromatic carbocycles. The van der Waals surface area contributed by atoms with Gasteiger partial charge in [0.05, 0.1) is 18.4 Å². The number of carbonyl (C=O) groups excluding carboxylic acids is 1. The second-order valence-electron chi connectivity index (χ2n) is 4.73. The van der Waals surface area contributed by atoms with Crippen molar-refractivity contribution in [1.29, 1.82) is 0 Å². The predicted molar refractivity (Wildman–Crippen MR) is 80.1 cm³/mol. The summed E-state index contributed by atoms with van der Waals surface area (Å²) in [6, 6.07) is 7.59. The summed E-state index contributed by atoms with van der Waals surface area (Å²) in [6.45, 7) is 0.388. The highest BCUT2D eigenvalue weighted by Crippen LogP contribution is 2.11. The molecule has 0 aliphatic heterocycles. The van der Waals surface area contributed by atoms with Gasteiger partial charge in [-0.25, -0.2) is 4.39 Å². The maximum Gasteiger partial charge on any atom is 0.277 e. The van der Waals surface area contributed by atoms with E-state index in [9.17, 15) is 9.18 Å². The number of halogens is 1. The Bertz CT molecular complexity index is 891. The Hall–Kier alpha value is -3.40. The van der Waals surface area contributed by atoms with Crippen molar-refractivity contribution in [3.63, 3.8) is 0 Å². The van der Waals surface area contributed by atoms with E-state index in [-0.39, 0.29) is 17.3 Å². The van der Waals surface area contributed by atoms with Crippen molar-refractivity contribution < 1.29 is 13.7 Å². The molecule has 0 saturated heterocycles. The van der Waals surface area contributed by atoms with Gasteiger partial charge in [-0.1, -0.05) is 17.3 Å². The van der Waals surface area contributed by atoms with Crippen LogP contribution in [0.15, 0.2) is 47.2 Å². The maximum absolute atomic E-state index is 13.1. The van der Waals surface area contributed by atoms with E-state index < -0.39 is 5.91 Å². The zero-order chi connectivity index (χ0) is 16.2. The van der Waals surface area contributed by atoms with Crippen molar-refractivity contribution in [2.24, 2.45) is 0 Å². The number of amides is 1. The molecule has 0 unspecified atom stereocenters. The SMILES string of the molecule is C#Cc1cc(C(=O)Nc2cnn(Cc3cccc(F)c3)c2)no1. The Labute approximate surface area is 130 Å². The molecule has 2 heterocycles. The molecule has 7 heteroatoms. The summed E-state index contributed by atoms with van der Waals surface area (Å²) in [5.41, 5.74) is 1.33. The van der Waals surface area contributed by atoms with Crippen LogP contribution in [0.5, 0.6) is 0 Å². The molecule has 0 aliphatic carbocycles. The third kappa shape index (κ3) is 3.44. The molecule has 0 spiro atoms. The maximum atomic E-state index is 13.1. The summed E-state index contributed by atoms with van der Waals surface area (Å²) < 4.78 is 19.5. The molecular formula is C16H11FN4O2. The second kappa shape index (κ2) is 6.15. The van der Waals surface area contributed by atoms with Crippen LogP contribution in [0.4, 0.5) is 10.1 Å². The normalized spacial score (nSPS) is 10.3. The van der Waals surface area contributed by atoms with E-state index in [0.717, 1.165) is 5.56 Å². The smallest absolute Gasteiger partial charge is 0.277 e. The first-order valence-corrected chi connectivity index (χ1v) is 6.65. The molecule has 3 aromatic rings. The molecule has 2 aromatic heterocycles. The van der Waals surface area contributed by atoms with Crippen molar-refractivity contribution >= 4 is 11.6 Å². The lowest BCUT2D eigenvalue weighted by atomic mass is 10.2. The first kappa shape index (κ1) is 14.5. The van der Waals surface area contributed by atoms with Crippen molar-refractivity contribution in [2.45, 2.75) is 6.54 Å². The van der Waals surface area contributed by atoms with Crippen LogP contribution < -0.4 is 5.32 Å². The number of terminal acetylenes is 1. The number of anilines is 1. The van der Waals surface area contributed by atoms with Crippen LogP contribution in [0, 0.1) is 18.2 Å². The molecular weight excluding hydrogens is 299 g/mol. The Morgan fingerprint density at radius 3 is 3.04 bits per heavy atom. The van der Waals surface area contributed by atoms with Crippen molar-refractivity contribution in [3.05, 3.63) is 65.6 Å². The van der Waals surface area contributed by atoms with Crippen LogP contribution in [-0.2, 0) is 6.54 Å². The van der Waals surface area contributed by atoms with Gasteiger partial charge in [0, 0.05) is 12.3 Å². The van der Waals surface area contributed by atoms with Crippen LogP contribution in [0.3, 0.4) is 0 Å². The van der Waals surface area contributed by atoms with Gasteiger partial charge in [-0.3, -0.25) is 9.48 Å². The van der Waals surface area contributed by atoms with Crippen molar-refractivity contribution in [2.75, 3.05) is 5.32 Å². The fourth-order valence-corrected chi connectivity index (χ4v) is 1.98. The van der Waals surface area contributed by atoms with Gasteiger partial charge in [-0.05, 0) is 23.6 Å². The zero-order valence-corrected chi connectivity index (χ0v) is 11.9. The average molecular weight is 310 g/mol. The predicted octanol–water partition coefficient (Wildman–Crippen LogP) is 2.29. The summed E-state index contributed by atoms with van der Waals surface area (Å²) in [4.78, 5) is 12.0. The summed E-state index contributed by atoms with van der Waals surface area (Å²) >= 11 is 0. The highest BCUT2D eigenvalue weighted by atomic mass is 19.1. The number of carbonyl (C=O) groups is 1. The highest BCUT2D eigenvalue weighted by molar-refractivity contribution is 6.02. The number of hydrogen-bond acceptors (Lipinski definition) is 4. The van der Waals surface area contributed by atoms with Gasteiger partial charge >= 0.3 is 0 Å². The van der Waals surface area contributed by atoms with Gasteiger partial charge < -0.3 is 9.84 Å². The molecule has 0 saturated carbocycles. The molecule has 3 rings (SSSR count).